The molecule has 0 saturated heterocycles. The molecule has 0 bridgehead atoms. The molecular weight excluding hydrogens is 284 g/mol. The van der Waals surface area contributed by atoms with Gasteiger partial charge in [0.25, 0.3) is 0 Å². The molecule has 0 radical (unpaired) electrons. The zero-order valence-corrected chi connectivity index (χ0v) is 11.8. The second kappa shape index (κ2) is 6.98. The fraction of sp³-hybridized carbons (Fsp3) is 0.176. The zero-order chi connectivity index (χ0) is 16.1. The Morgan fingerprint density at radius 3 is 2.18 bits per heavy atom. The smallest absolute Gasteiger partial charge is 0.157 e. The molecule has 5 N–H and O–H groups in total. The summed E-state index contributed by atoms with van der Waals surface area (Å²) >= 11 is 0. The van der Waals surface area contributed by atoms with E-state index in [-0.39, 0.29) is 17.2 Å². The average Bonchev–Trinajstić information content (AvgIpc) is 2.52. The van der Waals surface area contributed by atoms with Crippen molar-refractivity contribution in [2.75, 3.05) is 6.61 Å². The van der Waals surface area contributed by atoms with Crippen molar-refractivity contribution in [2.45, 2.75) is 12.0 Å². The maximum absolute atomic E-state index is 9.97. The van der Waals surface area contributed by atoms with Gasteiger partial charge in [0.1, 0.15) is 5.75 Å². The third-order valence-electron chi connectivity index (χ3n) is 3.38. The maximum atomic E-state index is 9.97. The minimum atomic E-state index is -1.04. The van der Waals surface area contributed by atoms with Gasteiger partial charge in [-0.2, -0.15) is 0 Å². The molecule has 22 heavy (non-hydrogen) atoms. The van der Waals surface area contributed by atoms with Gasteiger partial charge in [-0.3, -0.25) is 0 Å². The molecule has 0 heterocycles. The van der Waals surface area contributed by atoms with E-state index in [1.165, 1.54) is 12.1 Å². The van der Waals surface area contributed by atoms with Crippen molar-refractivity contribution < 1.29 is 25.5 Å². The number of phenols is 3. The summed E-state index contributed by atoms with van der Waals surface area (Å²) in [6, 6.07) is 10.8. The molecule has 2 atom stereocenters. The molecule has 5 nitrogen and oxygen atoms in total. The van der Waals surface area contributed by atoms with E-state index in [0.717, 1.165) is 5.56 Å². The number of hydrogen-bond acceptors (Lipinski definition) is 5. The molecular formula is C17H18O5. The van der Waals surface area contributed by atoms with Gasteiger partial charge >= 0.3 is 0 Å². The van der Waals surface area contributed by atoms with Crippen LogP contribution in [0.4, 0.5) is 0 Å². The Bertz CT molecular complexity index is 649. The summed E-state index contributed by atoms with van der Waals surface area (Å²) in [5.41, 5.74) is 1.38. The highest BCUT2D eigenvalue weighted by Crippen LogP contribution is 2.31. The van der Waals surface area contributed by atoms with E-state index in [9.17, 15) is 25.5 Å². The minimum absolute atomic E-state index is 0.160. The summed E-state index contributed by atoms with van der Waals surface area (Å²) in [5, 5.41) is 47.3. The van der Waals surface area contributed by atoms with Crippen LogP contribution in [0, 0.1) is 0 Å². The van der Waals surface area contributed by atoms with Crippen LogP contribution < -0.4 is 0 Å². The van der Waals surface area contributed by atoms with Crippen LogP contribution in [0.3, 0.4) is 0 Å². The number of rotatable bonds is 5. The Balaban J connectivity index is 2.29. The normalized spacial score (nSPS) is 14.1. The second-order valence-corrected chi connectivity index (χ2v) is 4.97. The van der Waals surface area contributed by atoms with Crippen LogP contribution >= 0.6 is 0 Å². The lowest BCUT2D eigenvalue weighted by atomic mass is 9.92. The number of hydrogen-bond donors (Lipinski definition) is 5. The van der Waals surface area contributed by atoms with Crippen LogP contribution in [0.1, 0.15) is 17.0 Å². The third kappa shape index (κ3) is 3.78. The molecule has 2 aromatic carbocycles. The number of aliphatic hydroxyl groups is 2. The van der Waals surface area contributed by atoms with E-state index in [0.29, 0.717) is 5.56 Å². The standard InChI is InChI=1S/C17H18O5/c18-10-17(22)14(12-4-8-15(20)16(21)9-12)7-3-11-1-5-13(19)6-2-11/h1-9,14,17-22H,10H2/b7-3+/t14-,17+/m0/s1. The molecule has 0 unspecified atom stereocenters. The Labute approximate surface area is 128 Å². The van der Waals surface area contributed by atoms with Gasteiger partial charge in [0, 0.05) is 5.92 Å². The highest BCUT2D eigenvalue weighted by molar-refractivity contribution is 5.53. The van der Waals surface area contributed by atoms with Crippen LogP contribution in [0.25, 0.3) is 6.08 Å². The number of phenolic OH excluding ortho intramolecular Hbond substituents is 3. The molecule has 0 aliphatic carbocycles. The fourth-order valence-corrected chi connectivity index (χ4v) is 2.12. The fourth-order valence-electron chi connectivity index (χ4n) is 2.12. The molecule has 0 aliphatic heterocycles. The van der Waals surface area contributed by atoms with Gasteiger partial charge in [0.05, 0.1) is 12.7 Å². The summed E-state index contributed by atoms with van der Waals surface area (Å²) in [4.78, 5) is 0. The maximum Gasteiger partial charge on any atom is 0.157 e. The summed E-state index contributed by atoms with van der Waals surface area (Å²) in [6.45, 7) is -0.438. The van der Waals surface area contributed by atoms with Gasteiger partial charge in [-0.1, -0.05) is 30.4 Å². The SMILES string of the molecule is OC[C@@H](O)[C@@H](/C=C/c1ccc(O)cc1)c1ccc(O)c(O)c1. The van der Waals surface area contributed by atoms with Gasteiger partial charge in [-0.05, 0) is 35.4 Å². The van der Waals surface area contributed by atoms with Crippen LogP contribution in [-0.2, 0) is 0 Å². The first-order valence-electron chi connectivity index (χ1n) is 6.79. The molecule has 2 rings (SSSR count). The number of aliphatic hydroxyl groups excluding tert-OH is 2. The molecule has 0 amide bonds. The minimum Gasteiger partial charge on any atom is -0.508 e. The molecule has 5 heteroatoms. The molecule has 0 aromatic heterocycles. The first kappa shape index (κ1) is 15.9. The number of benzene rings is 2. The molecule has 0 fully saturated rings. The molecule has 0 saturated carbocycles. The van der Waals surface area contributed by atoms with Crippen molar-refractivity contribution in [3.8, 4) is 17.2 Å². The Hall–Kier alpha value is -2.50. The van der Waals surface area contributed by atoms with Crippen molar-refractivity contribution in [1.82, 2.24) is 0 Å². The second-order valence-electron chi connectivity index (χ2n) is 4.97. The highest BCUT2D eigenvalue weighted by atomic mass is 16.3. The Morgan fingerprint density at radius 2 is 1.59 bits per heavy atom. The predicted molar refractivity (Wildman–Crippen MR) is 82.7 cm³/mol. The van der Waals surface area contributed by atoms with Crippen molar-refractivity contribution in [2.24, 2.45) is 0 Å². The lowest BCUT2D eigenvalue weighted by Gasteiger charge is -2.19. The largest absolute Gasteiger partial charge is 0.508 e. The third-order valence-corrected chi connectivity index (χ3v) is 3.38. The van der Waals surface area contributed by atoms with Crippen molar-refractivity contribution >= 4 is 6.08 Å². The topological polar surface area (TPSA) is 101 Å². The van der Waals surface area contributed by atoms with E-state index in [1.807, 2.05) is 0 Å². The van der Waals surface area contributed by atoms with Gasteiger partial charge in [-0.25, -0.2) is 0 Å². The van der Waals surface area contributed by atoms with Crippen molar-refractivity contribution in [3.63, 3.8) is 0 Å². The van der Waals surface area contributed by atoms with Crippen LogP contribution in [0.15, 0.2) is 48.5 Å². The molecule has 0 spiro atoms. The first-order valence-corrected chi connectivity index (χ1v) is 6.79. The quantitative estimate of drug-likeness (QED) is 0.543. The Kier molecular flexibility index (Phi) is 5.04. The van der Waals surface area contributed by atoms with Crippen molar-refractivity contribution in [1.29, 1.82) is 0 Å². The van der Waals surface area contributed by atoms with Gasteiger partial charge in [-0.15, -0.1) is 0 Å². The summed E-state index contributed by atoms with van der Waals surface area (Å²) in [7, 11) is 0. The van der Waals surface area contributed by atoms with Crippen LogP contribution in [0.2, 0.25) is 0 Å². The Morgan fingerprint density at radius 1 is 0.909 bits per heavy atom. The summed E-state index contributed by atoms with van der Waals surface area (Å²) in [5.74, 6) is -0.924. The molecule has 2 aromatic rings. The number of aromatic hydroxyl groups is 3. The predicted octanol–water partition coefficient (Wildman–Crippen LogP) is 1.95. The average molecular weight is 302 g/mol. The molecule has 116 valence electrons. The lowest BCUT2D eigenvalue weighted by molar-refractivity contribution is 0.0842. The monoisotopic (exact) mass is 302 g/mol. The van der Waals surface area contributed by atoms with E-state index in [4.69, 9.17) is 0 Å². The van der Waals surface area contributed by atoms with E-state index >= 15 is 0 Å². The first-order chi connectivity index (χ1) is 10.5. The zero-order valence-electron chi connectivity index (χ0n) is 11.8. The highest BCUT2D eigenvalue weighted by Gasteiger charge is 2.19. The summed E-state index contributed by atoms with van der Waals surface area (Å²) in [6.07, 6.45) is 2.39. The summed E-state index contributed by atoms with van der Waals surface area (Å²) < 4.78 is 0. The van der Waals surface area contributed by atoms with E-state index in [1.54, 1.807) is 42.5 Å². The van der Waals surface area contributed by atoms with Crippen LogP contribution in [0.5, 0.6) is 17.2 Å². The molecule has 0 aliphatic rings. The van der Waals surface area contributed by atoms with Crippen LogP contribution in [-0.4, -0.2) is 38.2 Å². The lowest BCUT2D eigenvalue weighted by Crippen LogP contribution is -2.20. The van der Waals surface area contributed by atoms with E-state index in [2.05, 4.69) is 0 Å². The van der Waals surface area contributed by atoms with Crippen molar-refractivity contribution in [3.05, 3.63) is 59.7 Å². The van der Waals surface area contributed by atoms with E-state index < -0.39 is 18.6 Å². The van der Waals surface area contributed by atoms with Gasteiger partial charge in [0.15, 0.2) is 11.5 Å². The van der Waals surface area contributed by atoms with Gasteiger partial charge in [0.2, 0.25) is 0 Å². The van der Waals surface area contributed by atoms with Gasteiger partial charge < -0.3 is 25.5 Å².